The van der Waals surface area contributed by atoms with Crippen LogP contribution in [0.25, 0.3) is 0 Å². The van der Waals surface area contributed by atoms with Crippen molar-refractivity contribution >= 4 is 11.8 Å². The van der Waals surface area contributed by atoms with E-state index in [0.29, 0.717) is 0 Å². The van der Waals surface area contributed by atoms with Crippen LogP contribution >= 0.6 is 11.8 Å². The molecule has 3 unspecified atom stereocenters. The van der Waals surface area contributed by atoms with Crippen LogP contribution in [-0.4, -0.2) is 42.4 Å². The van der Waals surface area contributed by atoms with Gasteiger partial charge in [-0.2, -0.15) is 0 Å². The SMILES string of the molecule is c1ccc2c(c1)SCC2CN1CCCC1C1CCCN1. The van der Waals surface area contributed by atoms with Gasteiger partial charge in [0, 0.05) is 35.2 Å². The van der Waals surface area contributed by atoms with Gasteiger partial charge in [-0.25, -0.2) is 0 Å². The Morgan fingerprint density at radius 1 is 1.20 bits per heavy atom. The molecule has 3 aliphatic heterocycles. The summed E-state index contributed by atoms with van der Waals surface area (Å²) < 4.78 is 0. The number of nitrogens with one attached hydrogen (secondary N) is 1. The Morgan fingerprint density at radius 2 is 2.15 bits per heavy atom. The highest BCUT2D eigenvalue weighted by molar-refractivity contribution is 7.99. The van der Waals surface area contributed by atoms with Crippen LogP contribution < -0.4 is 5.32 Å². The largest absolute Gasteiger partial charge is 0.312 e. The minimum absolute atomic E-state index is 0.748. The maximum atomic E-state index is 3.73. The molecule has 3 heteroatoms. The third-order valence-corrected chi connectivity index (χ3v) is 6.48. The smallest absolute Gasteiger partial charge is 0.0250 e. The Kier molecular flexibility index (Phi) is 3.76. The van der Waals surface area contributed by atoms with E-state index in [9.17, 15) is 0 Å². The minimum Gasteiger partial charge on any atom is -0.312 e. The molecule has 0 spiro atoms. The van der Waals surface area contributed by atoms with E-state index < -0.39 is 0 Å². The summed E-state index contributed by atoms with van der Waals surface area (Å²) in [5.74, 6) is 2.03. The Morgan fingerprint density at radius 3 is 3.05 bits per heavy atom. The van der Waals surface area contributed by atoms with Gasteiger partial charge in [-0.15, -0.1) is 11.8 Å². The maximum Gasteiger partial charge on any atom is 0.0250 e. The molecule has 3 heterocycles. The predicted molar refractivity (Wildman–Crippen MR) is 85.5 cm³/mol. The van der Waals surface area contributed by atoms with Crippen LogP contribution in [0, 0.1) is 0 Å². The first kappa shape index (κ1) is 13.2. The second-order valence-corrected chi connectivity index (χ2v) is 7.51. The van der Waals surface area contributed by atoms with E-state index in [2.05, 4.69) is 46.2 Å². The number of thioether (sulfide) groups is 1. The number of hydrogen-bond donors (Lipinski definition) is 1. The minimum atomic E-state index is 0.748. The first-order valence-electron chi connectivity index (χ1n) is 8.11. The molecule has 0 aromatic heterocycles. The van der Waals surface area contributed by atoms with Gasteiger partial charge in [-0.1, -0.05) is 18.2 Å². The van der Waals surface area contributed by atoms with Gasteiger partial charge in [-0.05, 0) is 50.4 Å². The summed E-state index contributed by atoms with van der Waals surface area (Å²) in [7, 11) is 0. The highest BCUT2D eigenvalue weighted by atomic mass is 32.2. The van der Waals surface area contributed by atoms with Crippen molar-refractivity contribution in [3.05, 3.63) is 29.8 Å². The van der Waals surface area contributed by atoms with Crippen LogP contribution in [0.5, 0.6) is 0 Å². The Labute approximate surface area is 126 Å². The predicted octanol–water partition coefficient (Wildman–Crippen LogP) is 3.09. The van der Waals surface area contributed by atoms with Crippen molar-refractivity contribution in [2.24, 2.45) is 0 Å². The van der Waals surface area contributed by atoms with Crippen LogP contribution in [-0.2, 0) is 0 Å². The standard InChI is InChI=1S/C17H24N2S/c1-2-8-17-14(5-1)13(12-20-17)11-19-10-4-7-16(19)15-6-3-9-18-15/h1-2,5,8,13,15-16,18H,3-4,6-7,9-12H2. The third kappa shape index (κ3) is 2.40. The van der Waals surface area contributed by atoms with E-state index in [1.807, 2.05) is 0 Å². The van der Waals surface area contributed by atoms with Crippen LogP contribution in [0.4, 0.5) is 0 Å². The highest BCUT2D eigenvalue weighted by Crippen LogP contribution is 2.40. The fourth-order valence-electron chi connectivity index (χ4n) is 4.24. The second-order valence-electron chi connectivity index (χ2n) is 6.45. The topological polar surface area (TPSA) is 15.3 Å². The monoisotopic (exact) mass is 288 g/mol. The summed E-state index contributed by atoms with van der Waals surface area (Å²) in [6, 6.07) is 10.6. The molecule has 1 aromatic rings. The molecule has 108 valence electrons. The average Bonchev–Trinajstić information content (AvgIpc) is 3.19. The number of fused-ring (bicyclic) bond motifs is 1. The van der Waals surface area contributed by atoms with Crippen molar-refractivity contribution in [3.8, 4) is 0 Å². The third-order valence-electron chi connectivity index (χ3n) is 5.23. The number of likely N-dealkylation sites (tertiary alicyclic amines) is 1. The van der Waals surface area contributed by atoms with E-state index in [4.69, 9.17) is 0 Å². The first-order chi connectivity index (χ1) is 9.92. The second kappa shape index (κ2) is 5.70. The normalized spacial score (nSPS) is 33.7. The molecule has 2 fully saturated rings. The van der Waals surface area contributed by atoms with Gasteiger partial charge >= 0.3 is 0 Å². The lowest BCUT2D eigenvalue weighted by molar-refractivity contribution is 0.206. The van der Waals surface area contributed by atoms with E-state index in [1.54, 1.807) is 5.56 Å². The van der Waals surface area contributed by atoms with E-state index in [1.165, 1.54) is 56.0 Å². The van der Waals surface area contributed by atoms with E-state index in [0.717, 1.165) is 18.0 Å². The van der Waals surface area contributed by atoms with Gasteiger partial charge < -0.3 is 5.32 Å². The fraction of sp³-hybridized carbons (Fsp3) is 0.647. The Balaban J connectivity index is 1.46. The summed E-state index contributed by atoms with van der Waals surface area (Å²) in [6.45, 7) is 3.82. The molecule has 1 N–H and O–H groups in total. The van der Waals surface area contributed by atoms with E-state index >= 15 is 0 Å². The molecule has 20 heavy (non-hydrogen) atoms. The molecule has 0 bridgehead atoms. The Hall–Kier alpha value is -0.510. The molecule has 0 saturated carbocycles. The lowest BCUT2D eigenvalue weighted by Crippen LogP contribution is -2.45. The first-order valence-corrected chi connectivity index (χ1v) is 9.09. The van der Waals surface area contributed by atoms with Crippen molar-refractivity contribution in [1.82, 2.24) is 10.2 Å². The van der Waals surface area contributed by atoms with Crippen molar-refractivity contribution in [1.29, 1.82) is 0 Å². The average molecular weight is 288 g/mol. The number of hydrogen-bond acceptors (Lipinski definition) is 3. The fourth-order valence-corrected chi connectivity index (χ4v) is 5.48. The maximum absolute atomic E-state index is 3.73. The quantitative estimate of drug-likeness (QED) is 0.920. The van der Waals surface area contributed by atoms with Gasteiger partial charge in [0.1, 0.15) is 0 Å². The van der Waals surface area contributed by atoms with Gasteiger partial charge in [-0.3, -0.25) is 4.90 Å². The Bertz CT molecular complexity index is 470. The molecule has 0 aliphatic carbocycles. The molecule has 3 aliphatic rings. The van der Waals surface area contributed by atoms with Gasteiger partial charge in [0.15, 0.2) is 0 Å². The summed E-state index contributed by atoms with van der Waals surface area (Å²) >= 11 is 2.05. The molecular weight excluding hydrogens is 264 g/mol. The zero-order valence-corrected chi connectivity index (χ0v) is 12.9. The summed E-state index contributed by atoms with van der Waals surface area (Å²) in [5.41, 5.74) is 1.60. The molecule has 3 atom stereocenters. The van der Waals surface area contributed by atoms with Crippen LogP contribution in [0.15, 0.2) is 29.2 Å². The van der Waals surface area contributed by atoms with Crippen molar-refractivity contribution < 1.29 is 0 Å². The molecule has 0 amide bonds. The lowest BCUT2D eigenvalue weighted by Gasteiger charge is -2.31. The molecule has 2 saturated heterocycles. The summed E-state index contributed by atoms with van der Waals surface area (Å²) in [4.78, 5) is 4.31. The van der Waals surface area contributed by atoms with Gasteiger partial charge in [0.05, 0.1) is 0 Å². The van der Waals surface area contributed by atoms with Crippen LogP contribution in [0.2, 0.25) is 0 Å². The van der Waals surface area contributed by atoms with Crippen molar-refractivity contribution in [2.75, 3.05) is 25.4 Å². The molecule has 1 aromatic carbocycles. The van der Waals surface area contributed by atoms with E-state index in [-0.39, 0.29) is 0 Å². The molecular formula is C17H24N2S. The lowest BCUT2D eigenvalue weighted by atomic mass is 9.99. The molecule has 2 nitrogen and oxygen atoms in total. The van der Waals surface area contributed by atoms with Gasteiger partial charge in [0.25, 0.3) is 0 Å². The molecule has 0 radical (unpaired) electrons. The van der Waals surface area contributed by atoms with Crippen LogP contribution in [0.3, 0.4) is 0 Å². The zero-order valence-electron chi connectivity index (χ0n) is 12.1. The van der Waals surface area contributed by atoms with Gasteiger partial charge in [0.2, 0.25) is 0 Å². The van der Waals surface area contributed by atoms with Crippen molar-refractivity contribution in [2.45, 2.75) is 48.6 Å². The number of nitrogens with zero attached hydrogens (tertiary/aromatic N) is 1. The molecule has 4 rings (SSSR count). The summed E-state index contributed by atoms with van der Waals surface area (Å²) in [6.07, 6.45) is 5.55. The number of rotatable bonds is 3. The highest BCUT2D eigenvalue weighted by Gasteiger charge is 2.35. The van der Waals surface area contributed by atoms with Crippen LogP contribution in [0.1, 0.15) is 37.2 Å². The number of benzene rings is 1. The van der Waals surface area contributed by atoms with Crippen molar-refractivity contribution in [3.63, 3.8) is 0 Å². The summed E-state index contributed by atoms with van der Waals surface area (Å²) in [5, 5.41) is 3.73. The zero-order chi connectivity index (χ0) is 13.4.